The Bertz CT molecular complexity index is 372. The molecule has 0 amide bonds. The van der Waals surface area contributed by atoms with E-state index in [4.69, 9.17) is 0 Å². The summed E-state index contributed by atoms with van der Waals surface area (Å²) in [6, 6.07) is 4.74. The van der Waals surface area contributed by atoms with Crippen molar-refractivity contribution in [3.8, 4) is 0 Å². The van der Waals surface area contributed by atoms with Gasteiger partial charge in [0.25, 0.3) is 0 Å². The molecule has 0 spiro atoms. The van der Waals surface area contributed by atoms with Crippen LogP contribution in [0, 0.1) is 5.82 Å². The van der Waals surface area contributed by atoms with E-state index in [9.17, 15) is 9.50 Å². The van der Waals surface area contributed by atoms with Crippen molar-refractivity contribution in [3.05, 3.63) is 29.6 Å². The molecule has 1 N–H and O–H groups in total. The molecule has 1 aliphatic rings. The van der Waals surface area contributed by atoms with Crippen LogP contribution in [0.5, 0.6) is 0 Å². The molecule has 2 rings (SSSR count). The minimum Gasteiger partial charge on any atom is -0.389 e. The number of hydrogen-bond donors (Lipinski definition) is 1. The summed E-state index contributed by atoms with van der Waals surface area (Å²) in [6.07, 6.45) is 5.80. The van der Waals surface area contributed by atoms with Crippen LogP contribution >= 0.6 is 11.8 Å². The second-order valence-electron chi connectivity index (χ2n) is 4.74. The third-order valence-electron chi connectivity index (χ3n) is 3.27. The maximum absolute atomic E-state index is 13.2. The normalized spacial score (nSPS) is 19.2. The summed E-state index contributed by atoms with van der Waals surface area (Å²) in [5, 5.41) is 10.3. The average molecular weight is 254 g/mol. The van der Waals surface area contributed by atoms with Crippen molar-refractivity contribution in [1.82, 2.24) is 0 Å². The number of benzene rings is 1. The highest BCUT2D eigenvalue weighted by atomic mass is 32.2. The molecule has 1 aromatic rings. The van der Waals surface area contributed by atoms with Crippen molar-refractivity contribution in [3.63, 3.8) is 0 Å². The van der Waals surface area contributed by atoms with Crippen LogP contribution < -0.4 is 0 Å². The summed E-state index contributed by atoms with van der Waals surface area (Å²) in [6.45, 7) is 1.69. The van der Waals surface area contributed by atoms with Crippen LogP contribution in [-0.4, -0.2) is 10.4 Å². The van der Waals surface area contributed by atoms with E-state index in [0.29, 0.717) is 5.25 Å². The molecule has 1 atom stereocenters. The number of hydrogen-bond acceptors (Lipinski definition) is 2. The standard InChI is InChI=1S/C14H19FOS/c1-10(16)13-9-11(15)7-8-14(13)17-12-5-3-2-4-6-12/h7-10,12,16H,2-6H2,1H3. The highest BCUT2D eigenvalue weighted by Gasteiger charge is 2.17. The SMILES string of the molecule is CC(O)c1cc(F)ccc1SC1CCCCC1. The molecule has 0 saturated heterocycles. The summed E-state index contributed by atoms with van der Waals surface area (Å²) >= 11 is 1.80. The maximum atomic E-state index is 13.2. The Labute approximate surface area is 106 Å². The van der Waals surface area contributed by atoms with Gasteiger partial charge in [-0.15, -0.1) is 11.8 Å². The van der Waals surface area contributed by atoms with Gasteiger partial charge in [-0.3, -0.25) is 0 Å². The van der Waals surface area contributed by atoms with Crippen molar-refractivity contribution in [2.75, 3.05) is 0 Å². The van der Waals surface area contributed by atoms with Crippen molar-refractivity contribution < 1.29 is 9.50 Å². The van der Waals surface area contributed by atoms with E-state index < -0.39 is 6.10 Å². The molecule has 3 heteroatoms. The van der Waals surface area contributed by atoms with E-state index in [1.54, 1.807) is 24.8 Å². The van der Waals surface area contributed by atoms with Gasteiger partial charge in [0.15, 0.2) is 0 Å². The maximum Gasteiger partial charge on any atom is 0.123 e. The predicted octanol–water partition coefficient (Wildman–Crippen LogP) is 4.30. The number of halogens is 1. The largest absolute Gasteiger partial charge is 0.389 e. The van der Waals surface area contributed by atoms with Crippen LogP contribution in [0.1, 0.15) is 50.7 Å². The lowest BCUT2D eigenvalue weighted by molar-refractivity contribution is 0.196. The molecule has 1 aromatic carbocycles. The van der Waals surface area contributed by atoms with E-state index in [1.165, 1.54) is 44.2 Å². The van der Waals surface area contributed by atoms with Gasteiger partial charge in [-0.1, -0.05) is 19.3 Å². The second kappa shape index (κ2) is 5.87. The fourth-order valence-electron chi connectivity index (χ4n) is 2.32. The van der Waals surface area contributed by atoms with Gasteiger partial charge in [0, 0.05) is 10.1 Å². The summed E-state index contributed by atoms with van der Waals surface area (Å²) in [4.78, 5) is 1.04. The zero-order valence-electron chi connectivity index (χ0n) is 10.2. The zero-order chi connectivity index (χ0) is 12.3. The van der Waals surface area contributed by atoms with Gasteiger partial charge < -0.3 is 5.11 Å². The molecule has 0 radical (unpaired) electrons. The Morgan fingerprint density at radius 2 is 2.00 bits per heavy atom. The number of aliphatic hydroxyl groups is 1. The van der Waals surface area contributed by atoms with Crippen LogP contribution in [0.25, 0.3) is 0 Å². The first-order valence-corrected chi connectivity index (χ1v) is 7.19. The number of thioether (sulfide) groups is 1. The van der Waals surface area contributed by atoms with Crippen LogP contribution in [0.15, 0.2) is 23.1 Å². The minimum absolute atomic E-state index is 0.270. The second-order valence-corrected chi connectivity index (χ2v) is 6.08. The van der Waals surface area contributed by atoms with Crippen molar-refractivity contribution in [1.29, 1.82) is 0 Å². The molecule has 17 heavy (non-hydrogen) atoms. The quantitative estimate of drug-likeness (QED) is 0.867. The van der Waals surface area contributed by atoms with Crippen LogP contribution in [0.3, 0.4) is 0 Å². The summed E-state index contributed by atoms with van der Waals surface area (Å²) in [5.41, 5.74) is 0.723. The Morgan fingerprint density at radius 3 is 2.65 bits per heavy atom. The topological polar surface area (TPSA) is 20.2 Å². The predicted molar refractivity (Wildman–Crippen MR) is 69.8 cm³/mol. The third-order valence-corrected chi connectivity index (χ3v) is 4.70. The van der Waals surface area contributed by atoms with Crippen molar-refractivity contribution in [2.24, 2.45) is 0 Å². The average Bonchev–Trinajstić information content (AvgIpc) is 2.32. The van der Waals surface area contributed by atoms with E-state index in [-0.39, 0.29) is 5.82 Å². The Balaban J connectivity index is 2.13. The highest BCUT2D eigenvalue weighted by molar-refractivity contribution is 8.00. The molecule has 0 aliphatic heterocycles. The van der Waals surface area contributed by atoms with E-state index in [2.05, 4.69) is 0 Å². The molecular formula is C14H19FOS. The fourth-order valence-corrected chi connectivity index (χ4v) is 3.76. The van der Waals surface area contributed by atoms with E-state index in [0.717, 1.165) is 10.5 Å². The van der Waals surface area contributed by atoms with Crippen LogP contribution in [0.4, 0.5) is 4.39 Å². The lowest BCUT2D eigenvalue weighted by atomic mass is 10.0. The molecular weight excluding hydrogens is 235 g/mol. The minimum atomic E-state index is -0.600. The Kier molecular flexibility index (Phi) is 4.46. The van der Waals surface area contributed by atoms with E-state index in [1.807, 2.05) is 0 Å². The molecule has 1 saturated carbocycles. The number of aliphatic hydroxyl groups excluding tert-OH is 1. The number of rotatable bonds is 3. The van der Waals surface area contributed by atoms with Gasteiger partial charge in [-0.2, -0.15) is 0 Å². The first kappa shape index (κ1) is 12.9. The van der Waals surface area contributed by atoms with E-state index >= 15 is 0 Å². The van der Waals surface area contributed by atoms with Crippen LogP contribution in [0.2, 0.25) is 0 Å². The molecule has 94 valence electrons. The van der Waals surface area contributed by atoms with Gasteiger partial charge >= 0.3 is 0 Å². The third kappa shape index (κ3) is 3.46. The zero-order valence-corrected chi connectivity index (χ0v) is 11.0. The molecule has 0 aromatic heterocycles. The monoisotopic (exact) mass is 254 g/mol. The summed E-state index contributed by atoms with van der Waals surface area (Å²) in [5.74, 6) is -0.270. The molecule has 1 nitrogen and oxygen atoms in total. The smallest absolute Gasteiger partial charge is 0.123 e. The van der Waals surface area contributed by atoms with Crippen LogP contribution in [-0.2, 0) is 0 Å². The molecule has 1 unspecified atom stereocenters. The first-order chi connectivity index (χ1) is 8.16. The lowest BCUT2D eigenvalue weighted by Gasteiger charge is -2.22. The van der Waals surface area contributed by atoms with Gasteiger partial charge in [0.05, 0.1) is 6.10 Å². The Morgan fingerprint density at radius 1 is 1.29 bits per heavy atom. The molecule has 1 fully saturated rings. The van der Waals surface area contributed by atoms with Gasteiger partial charge in [0.2, 0.25) is 0 Å². The molecule has 0 bridgehead atoms. The van der Waals surface area contributed by atoms with Gasteiger partial charge in [-0.25, -0.2) is 4.39 Å². The van der Waals surface area contributed by atoms with Gasteiger partial charge in [-0.05, 0) is 43.5 Å². The van der Waals surface area contributed by atoms with Gasteiger partial charge in [0.1, 0.15) is 5.82 Å². The molecule has 1 aliphatic carbocycles. The summed E-state index contributed by atoms with van der Waals surface area (Å²) < 4.78 is 13.2. The highest BCUT2D eigenvalue weighted by Crippen LogP contribution is 2.37. The van der Waals surface area contributed by atoms with Crippen molar-refractivity contribution in [2.45, 2.75) is 55.3 Å². The lowest BCUT2D eigenvalue weighted by Crippen LogP contribution is -2.08. The Hall–Kier alpha value is -0.540. The summed E-state index contributed by atoms with van der Waals surface area (Å²) in [7, 11) is 0. The molecule has 0 heterocycles. The first-order valence-electron chi connectivity index (χ1n) is 6.31. The fraction of sp³-hybridized carbons (Fsp3) is 0.571. The van der Waals surface area contributed by atoms with Crippen molar-refractivity contribution >= 4 is 11.8 Å².